The molecule has 0 atom stereocenters. The SMILES string of the molecule is CN(CC(=O)N1CCN(CC(=O)N2CCCC2)CC1)Cc1nc2ccccc2s1. The molecule has 0 unspecified atom stereocenters. The van der Waals surface area contributed by atoms with Crippen LogP contribution in [-0.2, 0) is 16.1 Å². The van der Waals surface area contributed by atoms with Gasteiger partial charge >= 0.3 is 0 Å². The van der Waals surface area contributed by atoms with Crippen LogP contribution in [-0.4, -0.2) is 95.8 Å². The summed E-state index contributed by atoms with van der Waals surface area (Å²) in [5.74, 6) is 0.386. The van der Waals surface area contributed by atoms with Crippen molar-refractivity contribution in [1.82, 2.24) is 24.6 Å². The van der Waals surface area contributed by atoms with Gasteiger partial charge in [-0.05, 0) is 32.0 Å². The predicted octanol–water partition coefficient (Wildman–Crippen LogP) is 1.49. The number of likely N-dealkylation sites (tertiary alicyclic amines) is 1. The Hall–Kier alpha value is -2.03. The molecule has 0 radical (unpaired) electrons. The van der Waals surface area contributed by atoms with Crippen LogP contribution in [0.25, 0.3) is 10.2 Å². The summed E-state index contributed by atoms with van der Waals surface area (Å²) in [7, 11) is 1.97. The smallest absolute Gasteiger partial charge is 0.236 e. The zero-order valence-electron chi connectivity index (χ0n) is 17.0. The Morgan fingerprint density at radius 1 is 1.00 bits per heavy atom. The van der Waals surface area contributed by atoms with E-state index in [9.17, 15) is 9.59 Å². The number of para-hydroxylation sites is 1. The van der Waals surface area contributed by atoms with Crippen LogP contribution >= 0.6 is 11.3 Å². The quantitative estimate of drug-likeness (QED) is 0.716. The lowest BCUT2D eigenvalue weighted by Crippen LogP contribution is -2.52. The van der Waals surface area contributed by atoms with Gasteiger partial charge < -0.3 is 9.80 Å². The summed E-state index contributed by atoms with van der Waals surface area (Å²) in [6.45, 7) is 6.29. The van der Waals surface area contributed by atoms with Crippen molar-refractivity contribution in [2.24, 2.45) is 0 Å². The molecular formula is C21H29N5O2S. The average molecular weight is 416 g/mol. The number of rotatable bonds is 6. The fourth-order valence-electron chi connectivity index (χ4n) is 4.02. The summed E-state index contributed by atoms with van der Waals surface area (Å²) in [4.78, 5) is 37.7. The van der Waals surface area contributed by atoms with E-state index in [1.54, 1.807) is 11.3 Å². The molecule has 2 aliphatic heterocycles. The van der Waals surface area contributed by atoms with Gasteiger partial charge in [0.25, 0.3) is 0 Å². The maximum Gasteiger partial charge on any atom is 0.236 e. The minimum absolute atomic E-state index is 0.152. The first-order chi connectivity index (χ1) is 14.1. The molecule has 2 fully saturated rings. The molecule has 0 saturated carbocycles. The van der Waals surface area contributed by atoms with Gasteiger partial charge in [-0.3, -0.25) is 19.4 Å². The van der Waals surface area contributed by atoms with Gasteiger partial charge in [0.05, 0.1) is 29.9 Å². The Morgan fingerprint density at radius 2 is 1.69 bits per heavy atom. The van der Waals surface area contributed by atoms with Crippen LogP contribution in [0.4, 0.5) is 0 Å². The minimum Gasteiger partial charge on any atom is -0.342 e. The summed E-state index contributed by atoms with van der Waals surface area (Å²) < 4.78 is 1.18. The maximum absolute atomic E-state index is 12.7. The number of likely N-dealkylation sites (N-methyl/N-ethyl adjacent to an activating group) is 1. The van der Waals surface area contributed by atoms with Gasteiger partial charge in [0, 0.05) is 39.3 Å². The van der Waals surface area contributed by atoms with Crippen molar-refractivity contribution >= 4 is 33.4 Å². The third-order valence-corrected chi connectivity index (χ3v) is 6.71. The molecule has 2 amide bonds. The second-order valence-corrected chi connectivity index (χ2v) is 9.11. The van der Waals surface area contributed by atoms with Crippen LogP contribution in [0.3, 0.4) is 0 Å². The predicted molar refractivity (Wildman–Crippen MR) is 115 cm³/mol. The molecule has 0 aliphatic carbocycles. The summed E-state index contributed by atoms with van der Waals surface area (Å²) in [5.41, 5.74) is 1.02. The number of aromatic nitrogens is 1. The highest BCUT2D eigenvalue weighted by atomic mass is 32.1. The van der Waals surface area contributed by atoms with Gasteiger partial charge in [-0.25, -0.2) is 4.98 Å². The number of thiazole rings is 1. The van der Waals surface area contributed by atoms with Gasteiger partial charge in [0.2, 0.25) is 11.8 Å². The van der Waals surface area contributed by atoms with E-state index < -0.39 is 0 Å². The van der Waals surface area contributed by atoms with Gasteiger partial charge in [0.15, 0.2) is 0 Å². The Balaban J connectivity index is 1.21. The number of carbonyl (C=O) groups excluding carboxylic acids is 2. The number of nitrogens with zero attached hydrogens (tertiary/aromatic N) is 5. The largest absolute Gasteiger partial charge is 0.342 e. The molecule has 4 rings (SSSR count). The lowest BCUT2D eigenvalue weighted by molar-refractivity contribution is -0.135. The van der Waals surface area contributed by atoms with Crippen LogP contribution in [0.15, 0.2) is 24.3 Å². The highest BCUT2D eigenvalue weighted by molar-refractivity contribution is 7.18. The van der Waals surface area contributed by atoms with Crippen LogP contribution in [0.2, 0.25) is 0 Å². The van der Waals surface area contributed by atoms with Crippen molar-refractivity contribution < 1.29 is 9.59 Å². The normalized spacial score (nSPS) is 18.1. The number of hydrogen-bond donors (Lipinski definition) is 0. The van der Waals surface area contributed by atoms with E-state index in [-0.39, 0.29) is 11.8 Å². The van der Waals surface area contributed by atoms with Gasteiger partial charge in [-0.2, -0.15) is 0 Å². The summed E-state index contributed by atoms with van der Waals surface area (Å²) in [5, 5.41) is 1.03. The first-order valence-electron chi connectivity index (χ1n) is 10.4. The third kappa shape index (κ3) is 5.12. The van der Waals surface area contributed by atoms with Gasteiger partial charge in [-0.15, -0.1) is 11.3 Å². The summed E-state index contributed by atoms with van der Waals surface area (Å²) in [6.07, 6.45) is 2.25. The maximum atomic E-state index is 12.7. The van der Waals surface area contributed by atoms with E-state index in [4.69, 9.17) is 0 Å². The molecule has 156 valence electrons. The fraction of sp³-hybridized carbons (Fsp3) is 0.571. The first kappa shape index (κ1) is 20.3. The molecule has 7 nitrogen and oxygen atoms in total. The lowest BCUT2D eigenvalue weighted by Gasteiger charge is -2.35. The Bertz CT molecular complexity index is 823. The van der Waals surface area contributed by atoms with Gasteiger partial charge in [-0.1, -0.05) is 12.1 Å². The molecule has 0 N–H and O–H groups in total. The molecule has 2 aliphatic rings. The number of fused-ring (bicyclic) bond motifs is 1. The third-order valence-electron chi connectivity index (χ3n) is 5.69. The lowest BCUT2D eigenvalue weighted by atomic mass is 10.3. The zero-order chi connectivity index (χ0) is 20.2. The number of hydrogen-bond acceptors (Lipinski definition) is 6. The molecule has 2 aromatic rings. The Morgan fingerprint density at radius 3 is 2.41 bits per heavy atom. The standard InChI is InChI=1S/C21H29N5O2S/c1-23(14-19-22-17-6-2-3-7-18(17)29-19)15-20(27)26-12-10-24(11-13-26)16-21(28)25-8-4-5-9-25/h2-3,6-7H,4-5,8-16H2,1H3. The van der Waals surface area contributed by atoms with E-state index in [0.29, 0.717) is 32.7 Å². The summed E-state index contributed by atoms with van der Waals surface area (Å²) in [6, 6.07) is 8.12. The van der Waals surface area contributed by atoms with E-state index >= 15 is 0 Å². The average Bonchev–Trinajstić information content (AvgIpc) is 3.38. The molecule has 0 spiro atoms. The molecule has 29 heavy (non-hydrogen) atoms. The second-order valence-electron chi connectivity index (χ2n) is 7.99. The van der Waals surface area contributed by atoms with Gasteiger partial charge in [0.1, 0.15) is 5.01 Å². The summed E-state index contributed by atoms with van der Waals surface area (Å²) >= 11 is 1.68. The van der Waals surface area contributed by atoms with Crippen molar-refractivity contribution in [3.05, 3.63) is 29.3 Å². The molecule has 0 bridgehead atoms. The number of benzene rings is 1. The second kappa shape index (κ2) is 9.19. The van der Waals surface area contributed by atoms with Crippen LogP contribution in [0.5, 0.6) is 0 Å². The Labute approximate surface area is 175 Å². The van der Waals surface area contributed by atoms with Crippen LogP contribution in [0, 0.1) is 0 Å². The molecule has 2 saturated heterocycles. The molecular weight excluding hydrogens is 386 g/mol. The van der Waals surface area contributed by atoms with Crippen molar-refractivity contribution in [3.8, 4) is 0 Å². The van der Waals surface area contributed by atoms with E-state index in [0.717, 1.165) is 49.5 Å². The van der Waals surface area contributed by atoms with E-state index in [1.807, 2.05) is 39.9 Å². The molecule has 8 heteroatoms. The fourth-order valence-corrected chi connectivity index (χ4v) is 5.07. The monoisotopic (exact) mass is 415 g/mol. The van der Waals surface area contributed by atoms with E-state index in [2.05, 4.69) is 16.0 Å². The molecule has 1 aromatic carbocycles. The Kier molecular flexibility index (Phi) is 6.42. The van der Waals surface area contributed by atoms with E-state index in [1.165, 1.54) is 4.70 Å². The molecule has 3 heterocycles. The zero-order valence-corrected chi connectivity index (χ0v) is 17.9. The van der Waals surface area contributed by atoms with Crippen molar-refractivity contribution in [1.29, 1.82) is 0 Å². The topological polar surface area (TPSA) is 60.0 Å². The van der Waals surface area contributed by atoms with Crippen molar-refractivity contribution in [2.45, 2.75) is 19.4 Å². The van der Waals surface area contributed by atoms with Crippen LogP contribution in [0.1, 0.15) is 17.8 Å². The number of piperazine rings is 1. The van der Waals surface area contributed by atoms with Crippen molar-refractivity contribution in [2.75, 3.05) is 59.4 Å². The number of carbonyl (C=O) groups is 2. The highest BCUT2D eigenvalue weighted by Gasteiger charge is 2.25. The highest BCUT2D eigenvalue weighted by Crippen LogP contribution is 2.22. The first-order valence-corrected chi connectivity index (χ1v) is 11.2. The molecule has 1 aromatic heterocycles. The van der Waals surface area contributed by atoms with Crippen LogP contribution < -0.4 is 0 Å². The number of amides is 2. The minimum atomic E-state index is 0.152. The van der Waals surface area contributed by atoms with Crippen molar-refractivity contribution in [3.63, 3.8) is 0 Å².